The average Bonchev–Trinajstić information content (AvgIpc) is 3.30. The number of hydrogen-bond acceptors (Lipinski definition) is 10. The quantitative estimate of drug-likeness (QED) is 0.374. The number of nitrogens with zero attached hydrogens (tertiary/aromatic N) is 8. The molecule has 2 N–H and O–H groups in total. The zero-order valence-corrected chi connectivity index (χ0v) is 24.7. The van der Waals surface area contributed by atoms with Crippen molar-refractivity contribution in [2.45, 2.75) is 59.5 Å². The van der Waals surface area contributed by atoms with Crippen molar-refractivity contribution >= 4 is 23.4 Å². The fourth-order valence-corrected chi connectivity index (χ4v) is 4.59. The zero-order valence-electron chi connectivity index (χ0n) is 24.7. The van der Waals surface area contributed by atoms with E-state index in [4.69, 9.17) is 20.2 Å². The molecule has 12 nitrogen and oxygen atoms in total. The van der Waals surface area contributed by atoms with Gasteiger partial charge in [-0.05, 0) is 45.2 Å². The van der Waals surface area contributed by atoms with Crippen molar-refractivity contribution in [3.63, 3.8) is 0 Å². The second-order valence-electron chi connectivity index (χ2n) is 11.4. The summed E-state index contributed by atoms with van der Waals surface area (Å²) < 4.78 is 12.8. The molecule has 0 saturated carbocycles. The van der Waals surface area contributed by atoms with Crippen LogP contribution in [0.4, 0.5) is 16.4 Å². The number of nitrogens with two attached hydrogens (primary N) is 1. The third-order valence-corrected chi connectivity index (χ3v) is 6.79. The second-order valence-corrected chi connectivity index (χ2v) is 11.4. The van der Waals surface area contributed by atoms with Gasteiger partial charge in [0.15, 0.2) is 11.5 Å². The Morgan fingerprint density at radius 1 is 1.15 bits per heavy atom. The summed E-state index contributed by atoms with van der Waals surface area (Å²) in [6.07, 6.45) is 5.98. The molecule has 4 rings (SSSR count). The number of aryl methyl sites for hydroxylation is 1. The third-order valence-electron chi connectivity index (χ3n) is 6.79. The summed E-state index contributed by atoms with van der Waals surface area (Å²) in [7, 11) is 1.79. The Balaban J connectivity index is 1.33. The van der Waals surface area contributed by atoms with Crippen LogP contribution < -0.4 is 15.4 Å². The van der Waals surface area contributed by atoms with Crippen molar-refractivity contribution in [1.82, 2.24) is 34.4 Å². The highest BCUT2D eigenvalue weighted by atomic mass is 16.6. The number of ether oxygens (including phenoxy) is 2. The van der Waals surface area contributed by atoms with Crippen LogP contribution in [-0.2, 0) is 11.2 Å². The van der Waals surface area contributed by atoms with Crippen LogP contribution in [0.15, 0.2) is 18.5 Å². The summed E-state index contributed by atoms with van der Waals surface area (Å²) >= 11 is 0. The van der Waals surface area contributed by atoms with E-state index < -0.39 is 5.60 Å². The second kappa shape index (κ2) is 12.7. The average molecular weight is 554 g/mol. The van der Waals surface area contributed by atoms with Crippen molar-refractivity contribution in [3.05, 3.63) is 35.3 Å². The predicted molar refractivity (Wildman–Crippen MR) is 155 cm³/mol. The number of carbonyl (C=O) groups excluding carboxylic acids is 1. The van der Waals surface area contributed by atoms with E-state index in [0.29, 0.717) is 31.0 Å². The van der Waals surface area contributed by atoms with Gasteiger partial charge in [-0.3, -0.25) is 4.90 Å². The predicted octanol–water partition coefficient (Wildman–Crippen LogP) is 3.17. The molecule has 40 heavy (non-hydrogen) atoms. The molecule has 1 aliphatic heterocycles. The largest absolute Gasteiger partial charge is 0.462 e. The summed E-state index contributed by atoms with van der Waals surface area (Å²) in [5, 5.41) is 4.51. The molecule has 0 unspecified atom stereocenters. The van der Waals surface area contributed by atoms with Gasteiger partial charge in [0.05, 0.1) is 18.5 Å². The first kappa shape index (κ1) is 29.3. The van der Waals surface area contributed by atoms with Crippen LogP contribution in [0.25, 0.3) is 5.65 Å². The number of anilines is 2. The van der Waals surface area contributed by atoms with E-state index in [2.05, 4.69) is 44.8 Å². The molecule has 4 heterocycles. The monoisotopic (exact) mass is 553 g/mol. The lowest BCUT2D eigenvalue weighted by Crippen LogP contribution is -2.49. The third kappa shape index (κ3) is 7.50. The van der Waals surface area contributed by atoms with Crippen LogP contribution in [0.3, 0.4) is 0 Å². The van der Waals surface area contributed by atoms with Crippen LogP contribution >= 0.6 is 0 Å². The zero-order chi connectivity index (χ0) is 28.9. The van der Waals surface area contributed by atoms with Gasteiger partial charge in [0.25, 0.3) is 0 Å². The molecule has 0 aliphatic carbocycles. The van der Waals surface area contributed by atoms with Gasteiger partial charge in [0, 0.05) is 58.9 Å². The number of nitrogen functional groups attached to an aromatic ring is 1. The van der Waals surface area contributed by atoms with Gasteiger partial charge in [-0.1, -0.05) is 19.4 Å². The Labute approximate surface area is 236 Å². The van der Waals surface area contributed by atoms with Crippen LogP contribution in [0.2, 0.25) is 0 Å². The van der Waals surface area contributed by atoms with E-state index in [0.717, 1.165) is 68.2 Å². The molecule has 3 aromatic rings. The van der Waals surface area contributed by atoms with Gasteiger partial charge in [0.2, 0.25) is 0 Å². The minimum Gasteiger partial charge on any atom is -0.462 e. The van der Waals surface area contributed by atoms with Gasteiger partial charge in [-0.25, -0.2) is 19.3 Å². The Bertz CT molecular complexity index is 1300. The van der Waals surface area contributed by atoms with Crippen molar-refractivity contribution < 1.29 is 14.3 Å². The maximum absolute atomic E-state index is 12.2. The number of aromatic nitrogens is 5. The molecule has 0 bridgehead atoms. The van der Waals surface area contributed by atoms with E-state index in [1.54, 1.807) is 22.7 Å². The number of carbonyl (C=O) groups is 1. The van der Waals surface area contributed by atoms with Crippen LogP contribution in [0.5, 0.6) is 6.01 Å². The van der Waals surface area contributed by atoms with Crippen molar-refractivity contribution in [1.29, 1.82) is 0 Å². The molecule has 1 aliphatic rings. The van der Waals surface area contributed by atoms with E-state index in [1.807, 2.05) is 27.0 Å². The van der Waals surface area contributed by atoms with Gasteiger partial charge in [-0.2, -0.15) is 4.98 Å². The minimum atomic E-state index is -0.487. The highest BCUT2D eigenvalue weighted by Gasteiger charge is 2.23. The van der Waals surface area contributed by atoms with Gasteiger partial charge < -0.3 is 25.0 Å². The van der Waals surface area contributed by atoms with Crippen LogP contribution in [0.1, 0.15) is 57.4 Å². The van der Waals surface area contributed by atoms with Crippen molar-refractivity contribution in [2.75, 3.05) is 63.6 Å². The number of amides is 1. The molecule has 0 radical (unpaired) electrons. The number of fused-ring (bicyclic) bond motifs is 1. The Kier molecular flexibility index (Phi) is 9.28. The molecule has 218 valence electrons. The molecule has 0 spiro atoms. The van der Waals surface area contributed by atoms with Crippen molar-refractivity contribution in [2.24, 2.45) is 0 Å². The maximum Gasteiger partial charge on any atom is 0.410 e. The number of piperazine rings is 1. The highest BCUT2D eigenvalue weighted by Crippen LogP contribution is 2.22. The van der Waals surface area contributed by atoms with Crippen LogP contribution in [0, 0.1) is 6.92 Å². The van der Waals surface area contributed by atoms with Gasteiger partial charge in [-0.15, -0.1) is 5.10 Å². The number of hydrogen-bond donors (Lipinski definition) is 1. The van der Waals surface area contributed by atoms with E-state index in [1.165, 1.54) is 0 Å². The van der Waals surface area contributed by atoms with Gasteiger partial charge in [0.1, 0.15) is 11.4 Å². The lowest BCUT2D eigenvalue weighted by atomic mass is 10.1. The summed E-state index contributed by atoms with van der Waals surface area (Å²) in [5.41, 5.74) is 9.24. The van der Waals surface area contributed by atoms with Crippen molar-refractivity contribution in [3.8, 4) is 6.01 Å². The number of likely N-dealkylation sites (N-methyl/N-ethyl adjacent to an activating group) is 1. The number of rotatable bonds is 10. The maximum atomic E-state index is 12.2. The first-order chi connectivity index (χ1) is 19.0. The Hall–Kier alpha value is -3.67. The molecule has 0 aromatic carbocycles. The number of pyridine rings is 1. The fourth-order valence-electron chi connectivity index (χ4n) is 4.59. The molecular formula is C28H43N9O3. The highest BCUT2D eigenvalue weighted by molar-refractivity contribution is 5.67. The normalized spacial score (nSPS) is 14.5. The molecule has 1 saturated heterocycles. The standard InChI is InChI=1S/C28H43N9O3/c1-7-8-15-39-26-32-23(29)25-31-19-22(37(25)33-26)17-21-16-20(2)24(30-18-21)36-13-11-35(12-14-36)10-9-34(6)27(38)40-28(3,4)5/h16,18-19H,7-15,17H2,1-6H3,(H2,29,32,33). The molecule has 1 amide bonds. The number of unbranched alkanes of at least 4 members (excludes halogenated alkanes) is 1. The summed E-state index contributed by atoms with van der Waals surface area (Å²) in [5.74, 6) is 1.30. The van der Waals surface area contributed by atoms with Gasteiger partial charge >= 0.3 is 12.1 Å². The fraction of sp³-hybridized carbons (Fsp3) is 0.607. The molecule has 1 fully saturated rings. The van der Waals surface area contributed by atoms with Crippen LogP contribution in [-0.4, -0.2) is 99.0 Å². The smallest absolute Gasteiger partial charge is 0.410 e. The summed E-state index contributed by atoms with van der Waals surface area (Å²) in [6.45, 7) is 15.4. The topological polar surface area (TPSA) is 127 Å². The molecule has 3 aromatic heterocycles. The number of imidazole rings is 1. The van der Waals surface area contributed by atoms with E-state index in [-0.39, 0.29) is 12.1 Å². The summed E-state index contributed by atoms with van der Waals surface area (Å²) in [4.78, 5) is 32.1. The molecule has 12 heteroatoms. The van der Waals surface area contributed by atoms with E-state index in [9.17, 15) is 4.79 Å². The summed E-state index contributed by atoms with van der Waals surface area (Å²) in [6, 6.07) is 2.44. The lowest BCUT2D eigenvalue weighted by Gasteiger charge is -2.36. The molecule has 0 atom stereocenters. The first-order valence-electron chi connectivity index (χ1n) is 14.0. The Morgan fingerprint density at radius 2 is 1.90 bits per heavy atom. The SMILES string of the molecule is CCCCOc1nc(N)c2ncc(Cc3cnc(N4CCN(CCN(C)C(=O)OC(C)(C)C)CC4)c(C)c3)n2n1. The lowest BCUT2D eigenvalue weighted by molar-refractivity contribution is 0.0282. The first-order valence-corrected chi connectivity index (χ1v) is 14.0. The molecular weight excluding hydrogens is 510 g/mol. The van der Waals surface area contributed by atoms with E-state index >= 15 is 0 Å². The minimum absolute atomic E-state index is 0.262. The Morgan fingerprint density at radius 3 is 2.58 bits per heavy atom.